The van der Waals surface area contributed by atoms with Crippen molar-refractivity contribution in [3.8, 4) is 0 Å². The van der Waals surface area contributed by atoms with Crippen LogP contribution in [0.25, 0.3) is 0 Å². The summed E-state index contributed by atoms with van der Waals surface area (Å²) in [6.07, 6.45) is -4.06. The van der Waals surface area contributed by atoms with Crippen LogP contribution in [-0.2, 0) is 0 Å². The molecule has 0 saturated carbocycles. The smallest absolute Gasteiger partial charge is 0.316 e. The predicted molar refractivity (Wildman–Crippen MR) is 64.5 cm³/mol. The Morgan fingerprint density at radius 3 is 2.17 bits per heavy atom. The molecule has 0 spiro atoms. The maximum absolute atomic E-state index is 12.3. The first-order valence-electron chi connectivity index (χ1n) is 6.66. The fourth-order valence-corrected chi connectivity index (χ4v) is 2.82. The molecule has 18 heavy (non-hydrogen) atoms. The van der Waals surface area contributed by atoms with E-state index < -0.39 is 12.7 Å². The van der Waals surface area contributed by atoms with Gasteiger partial charge in [0.25, 0.3) is 0 Å². The first-order chi connectivity index (χ1) is 8.44. The van der Waals surface area contributed by atoms with Gasteiger partial charge in [0.1, 0.15) is 0 Å². The van der Waals surface area contributed by atoms with Crippen LogP contribution in [0, 0.1) is 11.8 Å². The van der Waals surface area contributed by atoms with E-state index >= 15 is 0 Å². The third kappa shape index (κ3) is 4.10. The number of rotatable bonds is 3. The van der Waals surface area contributed by atoms with Gasteiger partial charge in [-0.25, -0.2) is 0 Å². The second-order valence-electron chi connectivity index (χ2n) is 5.59. The Labute approximate surface area is 106 Å². The highest BCUT2D eigenvalue weighted by Crippen LogP contribution is 2.20. The van der Waals surface area contributed by atoms with Gasteiger partial charge in [0, 0.05) is 32.7 Å². The minimum Gasteiger partial charge on any atom is -0.316 e. The zero-order valence-electron chi connectivity index (χ0n) is 10.8. The molecule has 6 heteroatoms. The van der Waals surface area contributed by atoms with Crippen molar-refractivity contribution in [2.24, 2.45) is 11.8 Å². The molecule has 2 aliphatic heterocycles. The van der Waals surface area contributed by atoms with Gasteiger partial charge in [0.2, 0.25) is 0 Å². The van der Waals surface area contributed by atoms with Crippen LogP contribution < -0.4 is 5.32 Å². The van der Waals surface area contributed by atoms with Crippen LogP contribution in [0.5, 0.6) is 0 Å². The number of hydrogen-bond donors (Lipinski definition) is 1. The zero-order valence-corrected chi connectivity index (χ0v) is 10.8. The molecule has 2 atom stereocenters. The molecule has 1 N–H and O–H groups in total. The molecule has 2 heterocycles. The van der Waals surface area contributed by atoms with E-state index in [9.17, 15) is 13.2 Å². The summed E-state index contributed by atoms with van der Waals surface area (Å²) in [4.78, 5) is 3.81. The fraction of sp³-hybridized carbons (Fsp3) is 1.00. The average molecular weight is 265 g/mol. The van der Waals surface area contributed by atoms with E-state index in [0.717, 1.165) is 32.7 Å². The number of nitrogens with one attached hydrogen (secondary N) is 1. The van der Waals surface area contributed by atoms with Gasteiger partial charge in [-0.05, 0) is 24.9 Å². The van der Waals surface area contributed by atoms with Crippen LogP contribution in [0.1, 0.15) is 6.92 Å². The second kappa shape index (κ2) is 5.75. The Balaban J connectivity index is 1.70. The van der Waals surface area contributed by atoms with E-state index in [4.69, 9.17) is 0 Å². The van der Waals surface area contributed by atoms with Crippen molar-refractivity contribution in [3.05, 3.63) is 0 Å². The first kappa shape index (κ1) is 14.1. The molecule has 3 nitrogen and oxygen atoms in total. The van der Waals surface area contributed by atoms with Crippen molar-refractivity contribution < 1.29 is 13.2 Å². The molecule has 0 aliphatic carbocycles. The zero-order chi connectivity index (χ0) is 13.2. The maximum atomic E-state index is 12.3. The highest BCUT2D eigenvalue weighted by molar-refractivity contribution is 4.83. The van der Waals surface area contributed by atoms with Crippen molar-refractivity contribution in [2.45, 2.75) is 13.1 Å². The molecule has 2 saturated heterocycles. The van der Waals surface area contributed by atoms with Gasteiger partial charge in [-0.3, -0.25) is 4.90 Å². The molecular weight excluding hydrogens is 243 g/mol. The summed E-state index contributed by atoms with van der Waals surface area (Å²) in [7, 11) is 0. The Morgan fingerprint density at radius 1 is 1.06 bits per heavy atom. The van der Waals surface area contributed by atoms with E-state index in [1.165, 1.54) is 4.90 Å². The van der Waals surface area contributed by atoms with Crippen LogP contribution in [-0.4, -0.2) is 68.3 Å². The van der Waals surface area contributed by atoms with Gasteiger partial charge in [-0.2, -0.15) is 13.2 Å². The summed E-state index contributed by atoms with van der Waals surface area (Å²) in [5, 5.41) is 3.37. The lowest BCUT2D eigenvalue weighted by Gasteiger charge is -2.36. The molecule has 2 unspecified atom stereocenters. The summed E-state index contributed by atoms with van der Waals surface area (Å²) in [6.45, 7) is 7.21. The Kier molecular flexibility index (Phi) is 4.50. The van der Waals surface area contributed by atoms with E-state index in [1.54, 1.807) is 0 Å². The molecular formula is C12H22F3N3. The SMILES string of the molecule is CC1CNCC1CN1CCN(CC(F)(F)F)CC1. The van der Waals surface area contributed by atoms with Gasteiger partial charge in [0.05, 0.1) is 6.54 Å². The predicted octanol–water partition coefficient (Wildman–Crippen LogP) is 1.02. The molecule has 106 valence electrons. The molecule has 0 radical (unpaired) electrons. The second-order valence-corrected chi connectivity index (χ2v) is 5.59. The van der Waals surface area contributed by atoms with Crippen LogP contribution in [0.4, 0.5) is 13.2 Å². The minimum atomic E-state index is -4.06. The topological polar surface area (TPSA) is 18.5 Å². The van der Waals surface area contributed by atoms with E-state index in [-0.39, 0.29) is 0 Å². The largest absolute Gasteiger partial charge is 0.401 e. The summed E-state index contributed by atoms with van der Waals surface area (Å²) in [5.41, 5.74) is 0. The lowest BCUT2D eigenvalue weighted by atomic mass is 9.97. The van der Waals surface area contributed by atoms with Crippen LogP contribution in [0.3, 0.4) is 0 Å². The molecule has 2 rings (SSSR count). The van der Waals surface area contributed by atoms with E-state index in [0.29, 0.717) is 24.9 Å². The van der Waals surface area contributed by atoms with Gasteiger partial charge >= 0.3 is 6.18 Å². The normalized spacial score (nSPS) is 32.0. The standard InChI is InChI=1S/C12H22F3N3/c1-10-6-16-7-11(10)8-17-2-4-18(5-3-17)9-12(13,14)15/h10-11,16H,2-9H2,1H3. The van der Waals surface area contributed by atoms with E-state index in [2.05, 4.69) is 17.1 Å². The summed E-state index contributed by atoms with van der Waals surface area (Å²) in [6, 6.07) is 0. The lowest BCUT2D eigenvalue weighted by Crippen LogP contribution is -2.50. The van der Waals surface area contributed by atoms with Gasteiger partial charge in [-0.1, -0.05) is 6.92 Å². The number of nitrogens with zero attached hydrogens (tertiary/aromatic N) is 2. The first-order valence-corrected chi connectivity index (χ1v) is 6.66. The molecule has 0 aromatic heterocycles. The van der Waals surface area contributed by atoms with Crippen molar-refractivity contribution in [3.63, 3.8) is 0 Å². The molecule has 0 aromatic carbocycles. The molecule has 2 aliphatic rings. The van der Waals surface area contributed by atoms with Gasteiger partial charge in [-0.15, -0.1) is 0 Å². The highest BCUT2D eigenvalue weighted by atomic mass is 19.4. The number of hydrogen-bond acceptors (Lipinski definition) is 3. The van der Waals surface area contributed by atoms with Gasteiger partial charge < -0.3 is 10.2 Å². The van der Waals surface area contributed by atoms with E-state index in [1.807, 2.05) is 0 Å². The van der Waals surface area contributed by atoms with Crippen molar-refractivity contribution >= 4 is 0 Å². The fourth-order valence-electron chi connectivity index (χ4n) is 2.82. The van der Waals surface area contributed by atoms with Crippen molar-refractivity contribution in [1.29, 1.82) is 0 Å². The quantitative estimate of drug-likeness (QED) is 0.822. The molecule has 0 bridgehead atoms. The molecule has 0 aromatic rings. The maximum Gasteiger partial charge on any atom is 0.401 e. The van der Waals surface area contributed by atoms with Crippen molar-refractivity contribution in [2.75, 3.05) is 52.4 Å². The third-order valence-electron chi connectivity index (χ3n) is 4.04. The average Bonchev–Trinajstić information content (AvgIpc) is 2.65. The van der Waals surface area contributed by atoms with Crippen LogP contribution in [0.2, 0.25) is 0 Å². The summed E-state index contributed by atoms with van der Waals surface area (Å²) in [5.74, 6) is 1.33. The summed E-state index contributed by atoms with van der Waals surface area (Å²) >= 11 is 0. The highest BCUT2D eigenvalue weighted by Gasteiger charge is 2.33. The number of piperazine rings is 1. The monoisotopic (exact) mass is 265 g/mol. The van der Waals surface area contributed by atoms with Crippen LogP contribution in [0.15, 0.2) is 0 Å². The Bertz CT molecular complexity index is 262. The Morgan fingerprint density at radius 2 is 1.67 bits per heavy atom. The third-order valence-corrected chi connectivity index (χ3v) is 4.04. The van der Waals surface area contributed by atoms with Crippen LogP contribution >= 0.6 is 0 Å². The Hall–Kier alpha value is -0.330. The minimum absolute atomic E-state index is 0.536. The number of alkyl halides is 3. The molecule has 2 fully saturated rings. The van der Waals surface area contributed by atoms with Gasteiger partial charge in [0.15, 0.2) is 0 Å². The lowest BCUT2D eigenvalue weighted by molar-refractivity contribution is -0.149. The van der Waals surface area contributed by atoms with Crippen molar-refractivity contribution in [1.82, 2.24) is 15.1 Å². The number of halogens is 3. The molecule has 0 amide bonds. The summed E-state index contributed by atoms with van der Waals surface area (Å²) < 4.78 is 36.8.